The van der Waals surface area contributed by atoms with E-state index in [1.54, 1.807) is 19.2 Å². The Bertz CT molecular complexity index is 511. The summed E-state index contributed by atoms with van der Waals surface area (Å²) in [6.07, 6.45) is -0.730. The van der Waals surface area contributed by atoms with Crippen LogP contribution in [0.15, 0.2) is 48.5 Å². The van der Waals surface area contributed by atoms with Gasteiger partial charge in [0.2, 0.25) is 0 Å². The molecule has 0 radical (unpaired) electrons. The maximum absolute atomic E-state index is 10.3. The molecule has 0 aliphatic rings. The minimum absolute atomic E-state index is 0.586. The number of nitrogen functional groups attached to an aromatic ring is 1. The van der Waals surface area contributed by atoms with Crippen molar-refractivity contribution < 1.29 is 9.84 Å². The van der Waals surface area contributed by atoms with Crippen LogP contribution < -0.4 is 10.5 Å². The van der Waals surface area contributed by atoms with Crippen molar-refractivity contribution in [2.75, 3.05) is 12.8 Å². The lowest BCUT2D eigenvalue weighted by Crippen LogP contribution is -2.03. The molecule has 1 atom stereocenters. The molecule has 0 bridgehead atoms. The molecule has 0 spiro atoms. The van der Waals surface area contributed by atoms with Gasteiger partial charge in [0.15, 0.2) is 0 Å². The van der Waals surface area contributed by atoms with Crippen molar-refractivity contribution in [1.29, 1.82) is 0 Å². The fraction of sp³-hybridized carbons (Fsp3) is 0.143. The minimum atomic E-state index is -0.730. The Morgan fingerprint density at radius 3 is 2.59 bits per heavy atom. The number of rotatable bonds is 3. The van der Waals surface area contributed by atoms with Gasteiger partial charge in [-0.2, -0.15) is 0 Å². The second-order valence-corrected chi connectivity index (χ2v) is 3.81. The summed E-state index contributed by atoms with van der Waals surface area (Å²) in [4.78, 5) is 0. The third-order valence-electron chi connectivity index (χ3n) is 2.70. The first-order valence-corrected chi connectivity index (χ1v) is 5.39. The number of aliphatic hydroxyl groups is 1. The molecule has 0 amide bonds. The molecule has 0 aromatic heterocycles. The van der Waals surface area contributed by atoms with Gasteiger partial charge in [0.1, 0.15) is 11.9 Å². The molecule has 3 heteroatoms. The smallest absolute Gasteiger partial charge is 0.119 e. The van der Waals surface area contributed by atoms with Crippen LogP contribution in [-0.2, 0) is 0 Å². The van der Waals surface area contributed by atoms with E-state index < -0.39 is 6.10 Å². The largest absolute Gasteiger partial charge is 0.497 e. The summed E-state index contributed by atoms with van der Waals surface area (Å²) >= 11 is 0. The number of ether oxygens (including phenoxy) is 1. The minimum Gasteiger partial charge on any atom is -0.497 e. The van der Waals surface area contributed by atoms with Gasteiger partial charge in [0, 0.05) is 11.3 Å². The number of anilines is 1. The highest BCUT2D eigenvalue weighted by atomic mass is 16.5. The van der Waals surface area contributed by atoms with Crippen LogP contribution in [0.1, 0.15) is 17.2 Å². The number of methoxy groups -OCH3 is 1. The van der Waals surface area contributed by atoms with Gasteiger partial charge >= 0.3 is 0 Å². The lowest BCUT2D eigenvalue weighted by Gasteiger charge is -2.14. The van der Waals surface area contributed by atoms with Crippen LogP contribution in [0.4, 0.5) is 5.69 Å². The second-order valence-electron chi connectivity index (χ2n) is 3.81. The maximum atomic E-state index is 10.3. The summed E-state index contributed by atoms with van der Waals surface area (Å²) in [6.45, 7) is 0. The number of para-hydroxylation sites is 1. The standard InChI is InChI=1S/C14H15NO2/c1-17-11-6-4-5-10(9-11)14(16)12-7-2-3-8-13(12)15/h2-9,14,16H,15H2,1H3/t14-/m1/s1. The van der Waals surface area contributed by atoms with E-state index in [1.165, 1.54) is 0 Å². The third-order valence-corrected chi connectivity index (χ3v) is 2.70. The Balaban J connectivity index is 2.37. The first-order chi connectivity index (χ1) is 8.22. The van der Waals surface area contributed by atoms with Crippen molar-refractivity contribution in [2.45, 2.75) is 6.10 Å². The molecular formula is C14H15NO2. The average molecular weight is 229 g/mol. The van der Waals surface area contributed by atoms with Crippen molar-refractivity contribution in [3.63, 3.8) is 0 Å². The zero-order valence-electron chi connectivity index (χ0n) is 9.63. The predicted octanol–water partition coefficient (Wildman–Crippen LogP) is 2.36. The van der Waals surface area contributed by atoms with Gasteiger partial charge in [0.05, 0.1) is 7.11 Å². The number of hydrogen-bond donors (Lipinski definition) is 2. The van der Waals surface area contributed by atoms with Crippen LogP contribution in [0.2, 0.25) is 0 Å². The highest BCUT2D eigenvalue weighted by molar-refractivity contribution is 5.50. The fourth-order valence-electron chi connectivity index (χ4n) is 1.75. The van der Waals surface area contributed by atoms with Crippen molar-refractivity contribution in [3.05, 3.63) is 59.7 Å². The van der Waals surface area contributed by atoms with Gasteiger partial charge in [-0.1, -0.05) is 30.3 Å². The number of aliphatic hydroxyl groups excluding tert-OH is 1. The molecule has 0 aliphatic carbocycles. The molecule has 0 fully saturated rings. The summed E-state index contributed by atoms with van der Waals surface area (Å²) in [5.74, 6) is 0.719. The van der Waals surface area contributed by atoms with Crippen molar-refractivity contribution in [2.24, 2.45) is 0 Å². The molecule has 3 nitrogen and oxygen atoms in total. The van der Waals surface area contributed by atoms with E-state index in [-0.39, 0.29) is 0 Å². The van der Waals surface area contributed by atoms with Gasteiger partial charge in [-0.15, -0.1) is 0 Å². The lowest BCUT2D eigenvalue weighted by atomic mass is 10.00. The molecule has 0 aliphatic heterocycles. The third kappa shape index (κ3) is 2.40. The fourth-order valence-corrected chi connectivity index (χ4v) is 1.75. The molecule has 17 heavy (non-hydrogen) atoms. The Morgan fingerprint density at radius 1 is 1.12 bits per heavy atom. The van der Waals surface area contributed by atoms with Crippen molar-refractivity contribution >= 4 is 5.69 Å². The topological polar surface area (TPSA) is 55.5 Å². The van der Waals surface area contributed by atoms with E-state index >= 15 is 0 Å². The van der Waals surface area contributed by atoms with Crippen LogP contribution in [-0.4, -0.2) is 12.2 Å². The van der Waals surface area contributed by atoms with E-state index in [1.807, 2.05) is 36.4 Å². The Hall–Kier alpha value is -2.00. The monoisotopic (exact) mass is 229 g/mol. The highest BCUT2D eigenvalue weighted by Crippen LogP contribution is 2.28. The quantitative estimate of drug-likeness (QED) is 0.794. The van der Waals surface area contributed by atoms with Gasteiger partial charge < -0.3 is 15.6 Å². The molecule has 0 saturated carbocycles. The van der Waals surface area contributed by atoms with Gasteiger partial charge in [0.25, 0.3) is 0 Å². The van der Waals surface area contributed by atoms with E-state index in [4.69, 9.17) is 10.5 Å². The lowest BCUT2D eigenvalue weighted by molar-refractivity contribution is 0.220. The Labute approximate surface area is 100 Å². The zero-order valence-corrected chi connectivity index (χ0v) is 9.63. The summed E-state index contributed by atoms with van der Waals surface area (Å²) in [5.41, 5.74) is 7.90. The van der Waals surface area contributed by atoms with E-state index in [9.17, 15) is 5.11 Å². The van der Waals surface area contributed by atoms with Crippen LogP contribution in [0.3, 0.4) is 0 Å². The van der Waals surface area contributed by atoms with Gasteiger partial charge in [-0.05, 0) is 23.8 Å². The number of hydrogen-bond acceptors (Lipinski definition) is 3. The van der Waals surface area contributed by atoms with E-state index in [0.717, 1.165) is 11.3 Å². The summed E-state index contributed by atoms with van der Waals surface area (Å²) in [7, 11) is 1.60. The molecule has 2 aromatic carbocycles. The molecule has 0 saturated heterocycles. The summed E-state index contributed by atoms with van der Waals surface area (Å²) < 4.78 is 5.13. The van der Waals surface area contributed by atoms with Crippen LogP contribution >= 0.6 is 0 Å². The summed E-state index contributed by atoms with van der Waals surface area (Å²) in [5, 5.41) is 10.3. The average Bonchev–Trinajstić information content (AvgIpc) is 2.38. The molecule has 3 N–H and O–H groups in total. The molecular weight excluding hydrogens is 214 g/mol. The summed E-state index contributed by atoms with van der Waals surface area (Å²) in [6, 6.07) is 14.6. The zero-order chi connectivity index (χ0) is 12.3. The Kier molecular flexibility index (Phi) is 3.30. The molecule has 88 valence electrons. The maximum Gasteiger partial charge on any atom is 0.119 e. The van der Waals surface area contributed by atoms with Gasteiger partial charge in [-0.3, -0.25) is 0 Å². The predicted molar refractivity (Wildman–Crippen MR) is 67.9 cm³/mol. The van der Waals surface area contributed by atoms with Crippen LogP contribution in [0, 0.1) is 0 Å². The van der Waals surface area contributed by atoms with Crippen molar-refractivity contribution in [3.8, 4) is 5.75 Å². The molecule has 2 aromatic rings. The van der Waals surface area contributed by atoms with Crippen molar-refractivity contribution in [1.82, 2.24) is 0 Å². The highest BCUT2D eigenvalue weighted by Gasteiger charge is 2.13. The SMILES string of the molecule is COc1cccc([C@@H](O)c2ccccc2N)c1. The molecule has 0 heterocycles. The number of benzene rings is 2. The normalized spacial score (nSPS) is 12.1. The van der Waals surface area contributed by atoms with Gasteiger partial charge in [-0.25, -0.2) is 0 Å². The van der Waals surface area contributed by atoms with E-state index in [2.05, 4.69) is 0 Å². The first-order valence-electron chi connectivity index (χ1n) is 5.39. The number of nitrogens with two attached hydrogens (primary N) is 1. The molecule has 0 unspecified atom stereocenters. The second kappa shape index (κ2) is 4.89. The molecule has 2 rings (SSSR count). The van der Waals surface area contributed by atoms with Crippen LogP contribution in [0.25, 0.3) is 0 Å². The van der Waals surface area contributed by atoms with E-state index in [0.29, 0.717) is 11.3 Å². The first kappa shape index (κ1) is 11.5. The van der Waals surface area contributed by atoms with Crippen LogP contribution in [0.5, 0.6) is 5.75 Å². The Morgan fingerprint density at radius 2 is 1.88 bits per heavy atom.